The highest BCUT2D eigenvalue weighted by molar-refractivity contribution is 6.34. The fourth-order valence-corrected chi connectivity index (χ4v) is 4.04. The van der Waals surface area contributed by atoms with E-state index < -0.39 is 0 Å². The van der Waals surface area contributed by atoms with Gasteiger partial charge in [-0.3, -0.25) is 4.79 Å². The second kappa shape index (κ2) is 8.05. The van der Waals surface area contributed by atoms with Gasteiger partial charge in [-0.15, -0.1) is 12.4 Å². The Balaban J connectivity index is 0.00000196. The van der Waals surface area contributed by atoms with E-state index in [2.05, 4.69) is 5.32 Å². The van der Waals surface area contributed by atoms with Crippen LogP contribution in [0.4, 0.5) is 0 Å². The SMILES string of the molecule is Cl.O=C(c1c(Cl)cccc1Oc1ccccc1Cl)N1C[C@H]2CNC[C@H]2C1. The van der Waals surface area contributed by atoms with E-state index in [4.69, 9.17) is 27.9 Å². The molecule has 0 saturated carbocycles. The number of ether oxygens (including phenoxy) is 1. The van der Waals surface area contributed by atoms with E-state index in [0.29, 0.717) is 38.9 Å². The number of benzene rings is 2. The summed E-state index contributed by atoms with van der Waals surface area (Å²) in [7, 11) is 0. The van der Waals surface area contributed by atoms with Crippen LogP contribution >= 0.6 is 35.6 Å². The molecule has 26 heavy (non-hydrogen) atoms. The highest BCUT2D eigenvalue weighted by atomic mass is 35.5. The van der Waals surface area contributed by atoms with Crippen molar-refractivity contribution in [3.05, 3.63) is 58.1 Å². The second-order valence-electron chi connectivity index (χ2n) is 6.53. The summed E-state index contributed by atoms with van der Waals surface area (Å²) in [4.78, 5) is 15.0. The van der Waals surface area contributed by atoms with Gasteiger partial charge in [0.1, 0.15) is 17.1 Å². The number of amides is 1. The molecule has 2 aromatic rings. The Hall–Kier alpha value is -1.46. The number of nitrogens with zero attached hydrogens (tertiary/aromatic N) is 1. The van der Waals surface area contributed by atoms with Gasteiger partial charge in [0.05, 0.1) is 10.0 Å². The number of carbonyl (C=O) groups excluding carboxylic acids is 1. The van der Waals surface area contributed by atoms with Gasteiger partial charge in [-0.25, -0.2) is 0 Å². The first-order chi connectivity index (χ1) is 12.1. The largest absolute Gasteiger partial charge is 0.455 e. The van der Waals surface area contributed by atoms with Crippen LogP contribution in [0, 0.1) is 11.8 Å². The van der Waals surface area contributed by atoms with Gasteiger partial charge in [0, 0.05) is 26.2 Å². The molecule has 2 fully saturated rings. The molecule has 2 aliphatic rings. The average molecular weight is 414 g/mol. The van der Waals surface area contributed by atoms with Crippen LogP contribution in [0.2, 0.25) is 10.0 Å². The van der Waals surface area contributed by atoms with E-state index in [-0.39, 0.29) is 18.3 Å². The number of halogens is 3. The molecule has 1 N–H and O–H groups in total. The summed E-state index contributed by atoms with van der Waals surface area (Å²) in [5, 5.41) is 4.26. The molecule has 7 heteroatoms. The third kappa shape index (κ3) is 3.65. The first-order valence-corrected chi connectivity index (χ1v) is 9.10. The summed E-state index contributed by atoms with van der Waals surface area (Å²) in [5.41, 5.74) is 0.400. The predicted molar refractivity (Wildman–Crippen MR) is 106 cm³/mol. The molecule has 2 heterocycles. The van der Waals surface area contributed by atoms with Gasteiger partial charge in [0.25, 0.3) is 5.91 Å². The van der Waals surface area contributed by atoms with Crippen LogP contribution in [-0.4, -0.2) is 37.0 Å². The monoisotopic (exact) mass is 412 g/mol. The van der Waals surface area contributed by atoms with Crippen LogP contribution in [0.1, 0.15) is 10.4 Å². The molecular weight excluding hydrogens is 395 g/mol. The van der Waals surface area contributed by atoms with E-state index in [0.717, 1.165) is 26.2 Å². The van der Waals surface area contributed by atoms with Gasteiger partial charge in [-0.1, -0.05) is 41.4 Å². The molecule has 2 aromatic carbocycles. The zero-order chi connectivity index (χ0) is 17.4. The minimum Gasteiger partial charge on any atom is -0.455 e. The van der Waals surface area contributed by atoms with Crippen molar-refractivity contribution < 1.29 is 9.53 Å². The molecule has 0 spiro atoms. The standard InChI is InChI=1S/C19H18Cl2N2O2.ClH/c20-14-4-1-2-6-16(14)25-17-7-3-5-15(21)18(17)19(24)23-10-12-8-22-9-13(12)11-23;/h1-7,12-13,22H,8-11H2;1H/t12-,13+;. The summed E-state index contributed by atoms with van der Waals surface area (Å²) < 4.78 is 5.92. The Kier molecular flexibility index (Phi) is 5.98. The van der Waals surface area contributed by atoms with Crippen LogP contribution in [-0.2, 0) is 0 Å². The fraction of sp³-hybridized carbons (Fsp3) is 0.316. The van der Waals surface area contributed by atoms with Crippen molar-refractivity contribution in [1.82, 2.24) is 10.2 Å². The third-order valence-electron chi connectivity index (χ3n) is 4.92. The average Bonchev–Trinajstić information content (AvgIpc) is 3.18. The lowest BCUT2D eigenvalue weighted by Gasteiger charge is -2.20. The van der Waals surface area contributed by atoms with Gasteiger partial charge in [0.15, 0.2) is 0 Å². The van der Waals surface area contributed by atoms with Crippen molar-refractivity contribution in [1.29, 1.82) is 0 Å². The lowest BCUT2D eigenvalue weighted by atomic mass is 10.0. The van der Waals surface area contributed by atoms with Crippen molar-refractivity contribution in [2.45, 2.75) is 0 Å². The van der Waals surface area contributed by atoms with Crippen molar-refractivity contribution >= 4 is 41.5 Å². The smallest absolute Gasteiger partial charge is 0.259 e. The van der Waals surface area contributed by atoms with Crippen molar-refractivity contribution in [2.24, 2.45) is 11.8 Å². The van der Waals surface area contributed by atoms with E-state index in [1.165, 1.54) is 0 Å². The molecular formula is C19H19Cl3N2O2. The molecule has 1 amide bonds. The topological polar surface area (TPSA) is 41.6 Å². The molecule has 2 aliphatic heterocycles. The molecule has 0 bridgehead atoms. The lowest BCUT2D eigenvalue weighted by molar-refractivity contribution is 0.0779. The van der Waals surface area contributed by atoms with Gasteiger partial charge in [-0.05, 0) is 36.1 Å². The Morgan fingerprint density at radius 1 is 0.962 bits per heavy atom. The molecule has 4 rings (SSSR count). The minimum absolute atomic E-state index is 0. The Labute approximate surface area is 168 Å². The quantitative estimate of drug-likeness (QED) is 0.805. The summed E-state index contributed by atoms with van der Waals surface area (Å²) in [6.45, 7) is 3.46. The van der Waals surface area contributed by atoms with Crippen molar-refractivity contribution in [3.63, 3.8) is 0 Å². The first-order valence-electron chi connectivity index (χ1n) is 8.34. The molecule has 4 nitrogen and oxygen atoms in total. The van der Waals surface area contributed by atoms with Crippen LogP contribution < -0.4 is 10.1 Å². The van der Waals surface area contributed by atoms with Crippen molar-refractivity contribution in [2.75, 3.05) is 26.2 Å². The maximum absolute atomic E-state index is 13.1. The summed E-state index contributed by atoms with van der Waals surface area (Å²) in [5.74, 6) is 1.91. The van der Waals surface area contributed by atoms with Crippen LogP contribution in [0.5, 0.6) is 11.5 Å². The number of rotatable bonds is 3. The second-order valence-corrected chi connectivity index (χ2v) is 7.35. The van der Waals surface area contributed by atoms with Crippen LogP contribution in [0.15, 0.2) is 42.5 Å². The number of hydrogen-bond acceptors (Lipinski definition) is 3. The maximum Gasteiger partial charge on any atom is 0.259 e. The highest BCUT2D eigenvalue weighted by Crippen LogP contribution is 2.36. The Morgan fingerprint density at radius 3 is 2.27 bits per heavy atom. The van der Waals surface area contributed by atoms with Gasteiger partial charge in [0.2, 0.25) is 0 Å². The predicted octanol–water partition coefficient (Wildman–Crippen LogP) is 4.50. The molecule has 2 saturated heterocycles. The van der Waals surface area contributed by atoms with Gasteiger partial charge >= 0.3 is 0 Å². The molecule has 0 aliphatic carbocycles. The Bertz CT molecular complexity index is 803. The third-order valence-corrected chi connectivity index (χ3v) is 5.55. The van der Waals surface area contributed by atoms with E-state index in [1.807, 2.05) is 17.0 Å². The van der Waals surface area contributed by atoms with Crippen LogP contribution in [0.25, 0.3) is 0 Å². The molecule has 138 valence electrons. The Morgan fingerprint density at radius 2 is 1.58 bits per heavy atom. The minimum atomic E-state index is -0.0814. The molecule has 2 atom stereocenters. The van der Waals surface area contributed by atoms with E-state index in [1.54, 1.807) is 30.3 Å². The zero-order valence-corrected chi connectivity index (χ0v) is 16.3. The van der Waals surface area contributed by atoms with E-state index >= 15 is 0 Å². The number of carbonyl (C=O) groups is 1. The lowest BCUT2D eigenvalue weighted by Crippen LogP contribution is -2.32. The van der Waals surface area contributed by atoms with Crippen LogP contribution in [0.3, 0.4) is 0 Å². The molecule has 0 aromatic heterocycles. The summed E-state index contributed by atoms with van der Waals surface area (Å²) in [6, 6.07) is 12.4. The highest BCUT2D eigenvalue weighted by Gasteiger charge is 2.39. The number of nitrogens with one attached hydrogen (secondary N) is 1. The maximum atomic E-state index is 13.1. The zero-order valence-electron chi connectivity index (χ0n) is 14.0. The van der Waals surface area contributed by atoms with E-state index in [9.17, 15) is 4.79 Å². The number of para-hydroxylation sites is 1. The number of fused-ring (bicyclic) bond motifs is 1. The number of likely N-dealkylation sites (tertiary alicyclic amines) is 1. The molecule has 0 radical (unpaired) electrons. The summed E-state index contributed by atoms with van der Waals surface area (Å²) >= 11 is 12.5. The normalized spacial score (nSPS) is 21.2. The van der Waals surface area contributed by atoms with Gasteiger partial charge < -0.3 is 15.0 Å². The summed E-state index contributed by atoms with van der Waals surface area (Å²) in [6.07, 6.45) is 0. The number of hydrogen-bond donors (Lipinski definition) is 1. The fourth-order valence-electron chi connectivity index (χ4n) is 3.62. The molecule has 0 unspecified atom stereocenters. The first kappa shape index (κ1) is 19.3. The van der Waals surface area contributed by atoms with Crippen molar-refractivity contribution in [3.8, 4) is 11.5 Å². The van der Waals surface area contributed by atoms with Gasteiger partial charge in [-0.2, -0.15) is 0 Å².